The van der Waals surface area contributed by atoms with Gasteiger partial charge in [-0.1, -0.05) is 0 Å². The number of halogens is 1. The first kappa shape index (κ1) is 16.3. The molecule has 0 atom stereocenters. The van der Waals surface area contributed by atoms with Crippen LogP contribution in [-0.4, -0.2) is 53.6 Å². The molecule has 0 saturated carbocycles. The molecule has 0 bridgehead atoms. The van der Waals surface area contributed by atoms with Crippen LogP contribution in [0.5, 0.6) is 0 Å². The van der Waals surface area contributed by atoms with Crippen LogP contribution in [0.4, 0.5) is 5.69 Å². The lowest BCUT2D eigenvalue weighted by Crippen LogP contribution is -2.44. The number of piperazine rings is 1. The summed E-state index contributed by atoms with van der Waals surface area (Å²) < 4.78 is 1.38. The van der Waals surface area contributed by atoms with Crippen molar-refractivity contribution in [2.24, 2.45) is 0 Å². The Labute approximate surface area is 134 Å². The zero-order chi connectivity index (χ0) is 15.0. The Morgan fingerprint density at radius 2 is 1.82 bits per heavy atom. The van der Waals surface area contributed by atoms with Gasteiger partial charge in [0.2, 0.25) is 0 Å². The molecule has 0 spiro atoms. The van der Waals surface area contributed by atoms with Crippen LogP contribution in [0.2, 0.25) is 0 Å². The molecule has 1 aliphatic rings. The van der Waals surface area contributed by atoms with Gasteiger partial charge in [0.15, 0.2) is 0 Å². The van der Waals surface area contributed by atoms with Crippen molar-refractivity contribution in [3.63, 3.8) is 0 Å². The molecule has 2 aromatic rings. The number of aromatic carboxylic acids is 1. The Hall–Kier alpha value is -2.05. The average molecular weight is 324 g/mol. The molecule has 22 heavy (non-hydrogen) atoms. The lowest BCUT2D eigenvalue weighted by Gasteiger charge is -2.34. The third-order valence-corrected chi connectivity index (χ3v) is 3.94. The number of hydrogen-bond donors (Lipinski definition) is 1. The van der Waals surface area contributed by atoms with Crippen LogP contribution >= 0.6 is 12.4 Å². The Morgan fingerprint density at radius 1 is 1.14 bits per heavy atom. The summed E-state index contributed by atoms with van der Waals surface area (Å²) >= 11 is 0. The van der Waals surface area contributed by atoms with E-state index in [0.717, 1.165) is 31.9 Å². The highest BCUT2D eigenvalue weighted by atomic mass is 35.5. The van der Waals surface area contributed by atoms with Crippen LogP contribution in [0.1, 0.15) is 10.4 Å². The molecule has 118 valence electrons. The van der Waals surface area contributed by atoms with Crippen molar-refractivity contribution in [2.45, 2.75) is 0 Å². The third kappa shape index (κ3) is 2.93. The highest BCUT2D eigenvalue weighted by Gasteiger charge is 2.15. The van der Waals surface area contributed by atoms with Crippen LogP contribution in [0, 0.1) is 0 Å². The first-order valence-electron chi connectivity index (χ1n) is 6.88. The second-order valence-corrected chi connectivity index (χ2v) is 5.33. The maximum absolute atomic E-state index is 12.1. The van der Waals surface area contributed by atoms with Gasteiger partial charge in [0, 0.05) is 38.1 Å². The van der Waals surface area contributed by atoms with Gasteiger partial charge in [-0.25, -0.2) is 4.79 Å². The predicted octanol–water partition coefficient (Wildman–Crippen LogP) is 1.17. The number of anilines is 1. The number of hydrogen-bond acceptors (Lipinski definition) is 4. The van der Waals surface area contributed by atoms with Gasteiger partial charge in [-0.15, -0.1) is 12.4 Å². The van der Waals surface area contributed by atoms with Crippen molar-refractivity contribution in [3.05, 3.63) is 46.4 Å². The van der Waals surface area contributed by atoms with Crippen molar-refractivity contribution in [3.8, 4) is 0 Å². The number of rotatable bonds is 2. The zero-order valence-electron chi connectivity index (χ0n) is 12.2. The van der Waals surface area contributed by atoms with Crippen LogP contribution in [0.3, 0.4) is 0 Å². The van der Waals surface area contributed by atoms with Crippen LogP contribution in [-0.2, 0) is 0 Å². The van der Waals surface area contributed by atoms with Crippen LogP contribution in [0.15, 0.2) is 35.3 Å². The second-order valence-electron chi connectivity index (χ2n) is 5.33. The predicted molar refractivity (Wildman–Crippen MR) is 87.6 cm³/mol. The summed E-state index contributed by atoms with van der Waals surface area (Å²) in [7, 11) is 2.10. The Kier molecular flexibility index (Phi) is 4.73. The fourth-order valence-corrected chi connectivity index (χ4v) is 2.61. The maximum Gasteiger partial charge on any atom is 0.341 e. The zero-order valence-corrected chi connectivity index (χ0v) is 13.0. The number of fused-ring (bicyclic) bond motifs is 1. The topological polar surface area (TPSA) is 65.3 Å². The van der Waals surface area contributed by atoms with Gasteiger partial charge < -0.3 is 14.9 Å². The fourth-order valence-electron chi connectivity index (χ4n) is 2.61. The SMILES string of the molecule is CN1CCN(c2ccn3c(=O)c(C(=O)O)ccc3c2)CC1.Cl. The lowest BCUT2D eigenvalue weighted by molar-refractivity contribution is 0.0695. The molecule has 6 nitrogen and oxygen atoms in total. The third-order valence-electron chi connectivity index (χ3n) is 3.94. The van der Waals surface area contributed by atoms with E-state index >= 15 is 0 Å². The molecule has 0 aromatic carbocycles. The van der Waals surface area contributed by atoms with E-state index in [4.69, 9.17) is 5.11 Å². The van der Waals surface area contributed by atoms with Crippen molar-refractivity contribution in [2.75, 3.05) is 38.1 Å². The van der Waals surface area contributed by atoms with Crippen molar-refractivity contribution >= 4 is 29.6 Å². The quantitative estimate of drug-likeness (QED) is 0.899. The van der Waals surface area contributed by atoms with Crippen molar-refractivity contribution in [1.29, 1.82) is 0 Å². The summed E-state index contributed by atoms with van der Waals surface area (Å²) in [6.07, 6.45) is 1.65. The standard InChI is InChI=1S/C15H17N3O3.ClH/c1-16-6-8-17(9-7-16)11-4-5-18-12(10-11)2-3-13(14(18)19)15(20)21;/h2-5,10H,6-9H2,1H3,(H,20,21);1H. The minimum absolute atomic E-state index is 0. The van der Waals surface area contributed by atoms with E-state index in [1.807, 2.05) is 12.1 Å². The van der Waals surface area contributed by atoms with E-state index in [-0.39, 0.29) is 18.0 Å². The summed E-state index contributed by atoms with van der Waals surface area (Å²) in [5.74, 6) is -1.20. The number of likely N-dealkylation sites (N-methyl/N-ethyl adjacent to an activating group) is 1. The average Bonchev–Trinajstić information content (AvgIpc) is 2.47. The number of aromatic nitrogens is 1. The van der Waals surface area contributed by atoms with E-state index in [2.05, 4.69) is 16.8 Å². The summed E-state index contributed by atoms with van der Waals surface area (Å²) in [6.45, 7) is 3.92. The van der Waals surface area contributed by atoms with Gasteiger partial charge in [0.25, 0.3) is 5.56 Å². The molecular weight excluding hydrogens is 306 g/mol. The first-order valence-corrected chi connectivity index (χ1v) is 6.88. The number of nitrogens with zero attached hydrogens (tertiary/aromatic N) is 3. The molecule has 7 heteroatoms. The molecule has 1 fully saturated rings. The van der Waals surface area contributed by atoms with Gasteiger partial charge in [-0.2, -0.15) is 0 Å². The van der Waals surface area contributed by atoms with E-state index in [1.165, 1.54) is 10.5 Å². The normalized spacial score (nSPS) is 15.6. The number of carboxylic acids is 1. The molecule has 1 N–H and O–H groups in total. The highest BCUT2D eigenvalue weighted by molar-refractivity contribution is 5.87. The van der Waals surface area contributed by atoms with Gasteiger partial charge in [-0.05, 0) is 31.3 Å². The minimum Gasteiger partial charge on any atom is -0.477 e. The number of carbonyl (C=O) groups is 1. The first-order chi connectivity index (χ1) is 10.1. The van der Waals surface area contributed by atoms with E-state index in [0.29, 0.717) is 5.52 Å². The molecule has 2 aromatic heterocycles. The molecule has 3 rings (SSSR count). The van der Waals surface area contributed by atoms with E-state index in [9.17, 15) is 9.59 Å². The van der Waals surface area contributed by atoms with Gasteiger partial charge in [0.05, 0.1) is 5.52 Å². The van der Waals surface area contributed by atoms with E-state index < -0.39 is 11.5 Å². The van der Waals surface area contributed by atoms with Crippen molar-refractivity contribution in [1.82, 2.24) is 9.30 Å². The van der Waals surface area contributed by atoms with Crippen LogP contribution in [0.25, 0.3) is 5.52 Å². The smallest absolute Gasteiger partial charge is 0.341 e. The molecule has 0 unspecified atom stereocenters. The van der Waals surface area contributed by atoms with Gasteiger partial charge in [0.1, 0.15) is 5.56 Å². The summed E-state index contributed by atoms with van der Waals surface area (Å²) in [4.78, 5) is 27.6. The number of pyridine rings is 2. The molecule has 1 saturated heterocycles. The summed E-state index contributed by atoms with van der Waals surface area (Å²) in [5, 5.41) is 8.98. The molecule has 0 radical (unpaired) electrons. The molecule has 3 heterocycles. The largest absolute Gasteiger partial charge is 0.477 e. The fraction of sp³-hybridized carbons (Fsp3) is 0.333. The summed E-state index contributed by atoms with van der Waals surface area (Å²) in [5.41, 5.74) is 1.07. The molecule has 1 aliphatic heterocycles. The number of carboxylic acid groups (broad SMARTS) is 1. The van der Waals surface area contributed by atoms with Gasteiger partial charge >= 0.3 is 5.97 Å². The van der Waals surface area contributed by atoms with E-state index in [1.54, 1.807) is 12.3 Å². The Morgan fingerprint density at radius 3 is 2.45 bits per heavy atom. The van der Waals surface area contributed by atoms with Gasteiger partial charge in [-0.3, -0.25) is 9.20 Å². The molecular formula is C15H18ClN3O3. The highest BCUT2D eigenvalue weighted by Crippen LogP contribution is 2.18. The summed E-state index contributed by atoms with van der Waals surface area (Å²) in [6, 6.07) is 6.84. The Balaban J connectivity index is 0.00000176. The molecule has 0 amide bonds. The maximum atomic E-state index is 12.1. The molecule has 0 aliphatic carbocycles. The Bertz CT molecular complexity index is 751. The minimum atomic E-state index is -1.20. The second kappa shape index (κ2) is 6.37. The monoisotopic (exact) mass is 323 g/mol. The van der Waals surface area contributed by atoms with Crippen molar-refractivity contribution < 1.29 is 9.90 Å². The lowest BCUT2D eigenvalue weighted by atomic mass is 10.2. The van der Waals surface area contributed by atoms with Crippen LogP contribution < -0.4 is 10.5 Å².